The Morgan fingerprint density at radius 3 is 2.81 bits per heavy atom. The van der Waals surface area contributed by atoms with Crippen molar-refractivity contribution in [2.75, 3.05) is 13.7 Å². The zero-order chi connectivity index (χ0) is 18.8. The Bertz CT molecular complexity index is 900. The van der Waals surface area contributed by atoms with E-state index in [2.05, 4.69) is 4.72 Å². The molecular formula is C19H22FNO4S. The average Bonchev–Trinajstić information content (AvgIpc) is 2.60. The number of hydrogen-bond donors (Lipinski definition) is 2. The molecule has 0 spiro atoms. The molecule has 0 aliphatic heterocycles. The number of halogens is 1. The molecule has 5 nitrogen and oxygen atoms in total. The van der Waals surface area contributed by atoms with Crippen molar-refractivity contribution >= 4 is 10.0 Å². The van der Waals surface area contributed by atoms with Crippen molar-refractivity contribution < 1.29 is 22.7 Å². The zero-order valence-electron chi connectivity index (χ0n) is 14.5. The fraction of sp³-hybridized carbons (Fsp3) is 0.368. The molecule has 0 aromatic heterocycles. The lowest BCUT2D eigenvalue weighted by Gasteiger charge is -2.34. The minimum absolute atomic E-state index is 0.121. The summed E-state index contributed by atoms with van der Waals surface area (Å²) in [5, 5.41) is 11.0. The molecule has 0 bridgehead atoms. The lowest BCUT2D eigenvalue weighted by atomic mass is 9.79. The molecule has 0 saturated heterocycles. The van der Waals surface area contributed by atoms with Crippen LogP contribution in [0.2, 0.25) is 0 Å². The summed E-state index contributed by atoms with van der Waals surface area (Å²) in [6, 6.07) is 10.9. The lowest BCUT2D eigenvalue weighted by molar-refractivity contribution is 0.0242. The van der Waals surface area contributed by atoms with Crippen LogP contribution in [0.4, 0.5) is 4.39 Å². The van der Waals surface area contributed by atoms with E-state index in [1.807, 2.05) is 6.07 Å². The van der Waals surface area contributed by atoms with E-state index in [9.17, 15) is 17.9 Å². The van der Waals surface area contributed by atoms with Crippen LogP contribution in [-0.4, -0.2) is 27.2 Å². The second-order valence-corrected chi connectivity index (χ2v) is 8.43. The highest BCUT2D eigenvalue weighted by molar-refractivity contribution is 7.88. The fourth-order valence-corrected chi connectivity index (χ4v) is 4.55. The third kappa shape index (κ3) is 4.23. The highest BCUT2D eigenvalue weighted by Gasteiger charge is 2.35. The van der Waals surface area contributed by atoms with E-state index in [-0.39, 0.29) is 12.3 Å². The molecule has 0 amide bonds. The van der Waals surface area contributed by atoms with Gasteiger partial charge < -0.3 is 9.84 Å². The van der Waals surface area contributed by atoms with Gasteiger partial charge in [-0.1, -0.05) is 18.2 Å². The van der Waals surface area contributed by atoms with E-state index < -0.39 is 21.4 Å². The Labute approximate surface area is 152 Å². The van der Waals surface area contributed by atoms with Gasteiger partial charge in [-0.2, -0.15) is 0 Å². The first kappa shape index (κ1) is 18.8. The predicted octanol–water partition coefficient (Wildman–Crippen LogP) is 2.48. The quantitative estimate of drug-likeness (QED) is 0.809. The molecule has 2 aromatic rings. The van der Waals surface area contributed by atoms with Crippen LogP contribution < -0.4 is 9.46 Å². The number of fused-ring (bicyclic) bond motifs is 1. The number of sulfonamides is 1. The summed E-state index contributed by atoms with van der Waals surface area (Å²) < 4.78 is 45.6. The van der Waals surface area contributed by atoms with Crippen molar-refractivity contribution in [2.45, 2.75) is 30.6 Å². The van der Waals surface area contributed by atoms with Gasteiger partial charge in [0.05, 0.1) is 12.9 Å². The topological polar surface area (TPSA) is 75.6 Å². The molecule has 7 heteroatoms. The minimum atomic E-state index is -3.71. The molecule has 1 aliphatic rings. The molecule has 2 N–H and O–H groups in total. The third-order valence-corrected chi connectivity index (χ3v) is 5.98. The molecular weight excluding hydrogens is 357 g/mol. The second-order valence-electron chi connectivity index (χ2n) is 6.62. The van der Waals surface area contributed by atoms with Crippen molar-refractivity contribution in [3.05, 3.63) is 65.0 Å². The molecule has 1 unspecified atom stereocenters. The van der Waals surface area contributed by atoms with Crippen LogP contribution in [-0.2, 0) is 27.8 Å². The van der Waals surface area contributed by atoms with E-state index in [0.29, 0.717) is 17.7 Å². The third-order valence-electron chi connectivity index (χ3n) is 4.68. The average molecular weight is 379 g/mol. The molecule has 2 aromatic carbocycles. The van der Waals surface area contributed by atoms with Crippen LogP contribution in [0.25, 0.3) is 0 Å². The van der Waals surface area contributed by atoms with Crippen molar-refractivity contribution in [2.24, 2.45) is 0 Å². The maximum atomic E-state index is 13.2. The van der Waals surface area contributed by atoms with Gasteiger partial charge in [0.25, 0.3) is 0 Å². The lowest BCUT2D eigenvalue weighted by Crippen LogP contribution is -2.43. The Hall–Kier alpha value is -1.96. The monoisotopic (exact) mass is 379 g/mol. The molecule has 3 rings (SSSR count). The molecule has 1 aliphatic carbocycles. The summed E-state index contributed by atoms with van der Waals surface area (Å²) in [6.45, 7) is -0.121. The summed E-state index contributed by atoms with van der Waals surface area (Å²) in [5.41, 5.74) is 0.771. The van der Waals surface area contributed by atoms with E-state index in [1.54, 1.807) is 25.3 Å². The summed E-state index contributed by atoms with van der Waals surface area (Å²) in [4.78, 5) is 0. The Morgan fingerprint density at radius 1 is 1.27 bits per heavy atom. The number of aryl methyl sites for hydroxylation is 1. The minimum Gasteiger partial charge on any atom is -0.497 e. The number of rotatable bonds is 6. The Morgan fingerprint density at radius 2 is 2.08 bits per heavy atom. The van der Waals surface area contributed by atoms with Crippen LogP contribution in [0.3, 0.4) is 0 Å². The van der Waals surface area contributed by atoms with Gasteiger partial charge >= 0.3 is 0 Å². The Balaban J connectivity index is 1.75. The number of aliphatic hydroxyl groups is 1. The van der Waals surface area contributed by atoms with Crippen LogP contribution in [0.15, 0.2) is 42.5 Å². The van der Waals surface area contributed by atoms with Gasteiger partial charge in [-0.15, -0.1) is 0 Å². The van der Waals surface area contributed by atoms with Crippen molar-refractivity contribution in [1.29, 1.82) is 0 Å². The number of benzene rings is 2. The molecule has 0 heterocycles. The highest BCUT2D eigenvalue weighted by Crippen LogP contribution is 2.36. The van der Waals surface area contributed by atoms with Crippen LogP contribution in [0, 0.1) is 5.82 Å². The fourth-order valence-electron chi connectivity index (χ4n) is 3.37. The second kappa shape index (κ2) is 7.34. The first-order valence-electron chi connectivity index (χ1n) is 8.43. The zero-order valence-corrected chi connectivity index (χ0v) is 15.4. The summed E-state index contributed by atoms with van der Waals surface area (Å²) in [6.07, 6.45) is 2.03. The first-order valence-corrected chi connectivity index (χ1v) is 10.1. The van der Waals surface area contributed by atoms with Crippen molar-refractivity contribution in [3.63, 3.8) is 0 Å². The number of hydrogen-bond acceptors (Lipinski definition) is 4. The molecule has 0 radical (unpaired) electrons. The summed E-state index contributed by atoms with van der Waals surface area (Å²) >= 11 is 0. The van der Waals surface area contributed by atoms with E-state index >= 15 is 0 Å². The Kier molecular flexibility index (Phi) is 5.32. The largest absolute Gasteiger partial charge is 0.497 e. The smallest absolute Gasteiger partial charge is 0.215 e. The summed E-state index contributed by atoms with van der Waals surface area (Å²) in [5.74, 6) is -0.109. The SMILES string of the molecule is COc1ccc2c(c1)CCCC2(O)CNS(=O)(=O)Cc1cccc(F)c1. The molecule has 26 heavy (non-hydrogen) atoms. The first-order chi connectivity index (χ1) is 12.3. The summed E-state index contributed by atoms with van der Waals surface area (Å²) in [7, 11) is -2.12. The number of methoxy groups -OCH3 is 1. The van der Waals surface area contributed by atoms with Gasteiger partial charge in [-0.3, -0.25) is 0 Å². The van der Waals surface area contributed by atoms with E-state index in [4.69, 9.17) is 4.74 Å². The van der Waals surface area contributed by atoms with Gasteiger partial charge in [0.15, 0.2) is 0 Å². The maximum Gasteiger partial charge on any atom is 0.215 e. The standard InChI is InChI=1S/C19H22FNO4S/c1-25-17-7-8-18-15(11-17)5-3-9-19(18,22)13-21-26(23,24)12-14-4-2-6-16(20)10-14/h2,4,6-8,10-11,21-22H,3,5,9,12-13H2,1H3. The van der Waals surface area contributed by atoms with Gasteiger partial charge in [-0.25, -0.2) is 17.5 Å². The van der Waals surface area contributed by atoms with Crippen LogP contribution in [0.1, 0.15) is 29.5 Å². The van der Waals surface area contributed by atoms with Gasteiger partial charge in [0.2, 0.25) is 10.0 Å². The van der Waals surface area contributed by atoms with E-state index in [1.165, 1.54) is 18.2 Å². The van der Waals surface area contributed by atoms with Crippen LogP contribution in [0.5, 0.6) is 5.75 Å². The van der Waals surface area contributed by atoms with Crippen molar-refractivity contribution in [3.8, 4) is 5.75 Å². The molecule has 0 fully saturated rings. The van der Waals surface area contributed by atoms with Gasteiger partial charge in [0.1, 0.15) is 17.2 Å². The molecule has 0 saturated carbocycles. The van der Waals surface area contributed by atoms with Crippen molar-refractivity contribution in [1.82, 2.24) is 4.72 Å². The van der Waals surface area contributed by atoms with Gasteiger partial charge in [0, 0.05) is 6.54 Å². The normalized spacial score (nSPS) is 19.8. The number of ether oxygens (including phenoxy) is 1. The molecule has 1 atom stereocenters. The predicted molar refractivity (Wildman–Crippen MR) is 96.9 cm³/mol. The molecule has 140 valence electrons. The highest BCUT2D eigenvalue weighted by atomic mass is 32.2. The van der Waals surface area contributed by atoms with Gasteiger partial charge in [-0.05, 0) is 60.2 Å². The van der Waals surface area contributed by atoms with E-state index in [0.717, 1.165) is 24.0 Å². The van der Waals surface area contributed by atoms with Crippen LogP contribution >= 0.6 is 0 Å². The number of nitrogens with one attached hydrogen (secondary N) is 1. The maximum absolute atomic E-state index is 13.2.